The molecule has 1 N–H and O–H groups in total. The Kier molecular flexibility index (Phi) is 4.17. The van der Waals surface area contributed by atoms with Gasteiger partial charge in [0.05, 0.1) is 6.20 Å². The van der Waals surface area contributed by atoms with Gasteiger partial charge in [0.1, 0.15) is 17.4 Å². The minimum absolute atomic E-state index is 0.709. The van der Waals surface area contributed by atoms with E-state index in [2.05, 4.69) is 44.2 Å². The fourth-order valence-electron chi connectivity index (χ4n) is 2.71. The molecule has 6 nitrogen and oxygen atoms in total. The zero-order valence-electron chi connectivity index (χ0n) is 13.4. The van der Waals surface area contributed by atoms with E-state index in [1.54, 1.807) is 12.5 Å². The predicted octanol–water partition coefficient (Wildman–Crippen LogP) is 3.03. The quantitative estimate of drug-likeness (QED) is 0.787. The smallest absolute Gasteiger partial charge is 0.226 e. The third-order valence-corrected chi connectivity index (χ3v) is 4.88. The molecule has 0 unspecified atom stereocenters. The van der Waals surface area contributed by atoms with Gasteiger partial charge in [0.2, 0.25) is 5.95 Å². The summed E-state index contributed by atoms with van der Waals surface area (Å²) in [5.74, 6) is 3.69. The standard InChI is InChI=1S/C17H18N6S/c1-12-3-2-4-13(9-12)21-16-15-14(19-11-20-16)10-18-17(22-15)23-5-7-24-8-6-23/h2-4,9-11H,5-8H2,1H3,(H,19,20,21). The number of fused-ring (bicyclic) bond motifs is 1. The van der Waals surface area contributed by atoms with Gasteiger partial charge in [-0.1, -0.05) is 12.1 Å². The van der Waals surface area contributed by atoms with Crippen molar-refractivity contribution in [2.45, 2.75) is 6.92 Å². The highest BCUT2D eigenvalue weighted by Gasteiger charge is 2.15. The molecule has 1 aliphatic heterocycles. The van der Waals surface area contributed by atoms with Crippen molar-refractivity contribution in [3.05, 3.63) is 42.4 Å². The van der Waals surface area contributed by atoms with Crippen LogP contribution in [-0.4, -0.2) is 44.5 Å². The molecule has 0 atom stereocenters. The predicted molar refractivity (Wildman–Crippen MR) is 99.1 cm³/mol. The van der Waals surface area contributed by atoms with Crippen molar-refractivity contribution in [3.8, 4) is 0 Å². The molecule has 0 aliphatic carbocycles. The minimum Gasteiger partial charge on any atom is -0.339 e. The molecular formula is C17H18N6S. The Morgan fingerprint density at radius 3 is 2.83 bits per heavy atom. The second kappa shape index (κ2) is 6.60. The number of nitrogens with zero attached hydrogens (tertiary/aromatic N) is 5. The van der Waals surface area contributed by atoms with E-state index in [1.165, 1.54) is 5.56 Å². The minimum atomic E-state index is 0.709. The molecule has 1 aliphatic rings. The van der Waals surface area contributed by atoms with Crippen molar-refractivity contribution in [2.24, 2.45) is 0 Å². The summed E-state index contributed by atoms with van der Waals surface area (Å²) in [5.41, 5.74) is 3.68. The summed E-state index contributed by atoms with van der Waals surface area (Å²) in [4.78, 5) is 20.1. The number of nitrogens with one attached hydrogen (secondary N) is 1. The van der Waals surface area contributed by atoms with E-state index in [0.29, 0.717) is 5.82 Å². The average molecular weight is 338 g/mol. The highest BCUT2D eigenvalue weighted by atomic mass is 32.2. The first-order valence-electron chi connectivity index (χ1n) is 7.94. The Bertz CT molecular complexity index is 863. The van der Waals surface area contributed by atoms with Crippen LogP contribution in [0, 0.1) is 6.92 Å². The van der Waals surface area contributed by atoms with Crippen molar-refractivity contribution in [1.82, 2.24) is 19.9 Å². The molecule has 2 aromatic heterocycles. The van der Waals surface area contributed by atoms with Crippen molar-refractivity contribution >= 4 is 40.2 Å². The summed E-state index contributed by atoms with van der Waals surface area (Å²) < 4.78 is 0. The maximum atomic E-state index is 4.74. The van der Waals surface area contributed by atoms with Gasteiger partial charge >= 0.3 is 0 Å². The molecule has 0 radical (unpaired) electrons. The molecule has 24 heavy (non-hydrogen) atoms. The highest BCUT2D eigenvalue weighted by molar-refractivity contribution is 7.99. The summed E-state index contributed by atoms with van der Waals surface area (Å²) in [6, 6.07) is 8.19. The number of anilines is 3. The molecule has 3 heterocycles. The van der Waals surface area contributed by atoms with E-state index in [4.69, 9.17) is 4.98 Å². The summed E-state index contributed by atoms with van der Waals surface area (Å²) in [6.07, 6.45) is 3.32. The Balaban J connectivity index is 1.71. The third kappa shape index (κ3) is 3.12. The van der Waals surface area contributed by atoms with Gasteiger partial charge in [-0.05, 0) is 24.6 Å². The molecule has 0 spiro atoms. The Morgan fingerprint density at radius 2 is 2.00 bits per heavy atom. The van der Waals surface area contributed by atoms with Crippen LogP contribution in [0.2, 0.25) is 0 Å². The molecule has 122 valence electrons. The zero-order chi connectivity index (χ0) is 16.4. The maximum Gasteiger partial charge on any atom is 0.226 e. The van der Waals surface area contributed by atoms with Crippen LogP contribution in [0.5, 0.6) is 0 Å². The summed E-state index contributed by atoms with van der Waals surface area (Å²) in [5, 5.41) is 3.35. The molecule has 0 saturated carbocycles. The lowest BCUT2D eigenvalue weighted by Gasteiger charge is -2.26. The van der Waals surface area contributed by atoms with E-state index in [9.17, 15) is 0 Å². The molecule has 7 heteroatoms. The first-order chi connectivity index (χ1) is 11.8. The number of rotatable bonds is 3. The first kappa shape index (κ1) is 15.1. The van der Waals surface area contributed by atoms with Crippen LogP contribution in [0.3, 0.4) is 0 Å². The van der Waals surface area contributed by atoms with E-state index >= 15 is 0 Å². The van der Waals surface area contributed by atoms with Crippen LogP contribution in [0.15, 0.2) is 36.8 Å². The van der Waals surface area contributed by atoms with Crippen LogP contribution in [0.4, 0.5) is 17.5 Å². The summed E-state index contributed by atoms with van der Waals surface area (Å²) in [6.45, 7) is 4.02. The third-order valence-electron chi connectivity index (χ3n) is 3.94. The van der Waals surface area contributed by atoms with E-state index in [1.807, 2.05) is 23.9 Å². The maximum absolute atomic E-state index is 4.74. The monoisotopic (exact) mass is 338 g/mol. The molecule has 4 rings (SSSR count). The molecule has 0 amide bonds. The van der Waals surface area contributed by atoms with Gasteiger partial charge < -0.3 is 10.2 Å². The van der Waals surface area contributed by atoms with Crippen LogP contribution in [-0.2, 0) is 0 Å². The van der Waals surface area contributed by atoms with Crippen LogP contribution >= 0.6 is 11.8 Å². The fourth-order valence-corrected chi connectivity index (χ4v) is 3.61. The van der Waals surface area contributed by atoms with Crippen LogP contribution < -0.4 is 10.2 Å². The first-order valence-corrected chi connectivity index (χ1v) is 9.09. The topological polar surface area (TPSA) is 66.8 Å². The average Bonchev–Trinajstić information content (AvgIpc) is 2.62. The summed E-state index contributed by atoms with van der Waals surface area (Å²) >= 11 is 1.97. The second-order valence-electron chi connectivity index (χ2n) is 5.72. The van der Waals surface area contributed by atoms with Crippen molar-refractivity contribution < 1.29 is 0 Å². The van der Waals surface area contributed by atoms with Gasteiger partial charge in [-0.25, -0.2) is 19.9 Å². The summed E-state index contributed by atoms with van der Waals surface area (Å²) in [7, 11) is 0. The van der Waals surface area contributed by atoms with Gasteiger partial charge in [-0.15, -0.1) is 0 Å². The lowest BCUT2D eigenvalue weighted by Crippen LogP contribution is -2.33. The number of hydrogen-bond acceptors (Lipinski definition) is 7. The van der Waals surface area contributed by atoms with E-state index in [0.717, 1.165) is 47.3 Å². The van der Waals surface area contributed by atoms with Crippen LogP contribution in [0.25, 0.3) is 11.0 Å². The zero-order valence-corrected chi connectivity index (χ0v) is 14.3. The van der Waals surface area contributed by atoms with Crippen LogP contribution in [0.1, 0.15) is 5.56 Å². The number of benzene rings is 1. The number of thioether (sulfide) groups is 1. The molecule has 1 saturated heterocycles. The van der Waals surface area contributed by atoms with Crippen molar-refractivity contribution in [1.29, 1.82) is 0 Å². The van der Waals surface area contributed by atoms with Crippen molar-refractivity contribution in [2.75, 3.05) is 34.8 Å². The van der Waals surface area contributed by atoms with E-state index < -0.39 is 0 Å². The lowest BCUT2D eigenvalue weighted by atomic mass is 10.2. The molecule has 1 aromatic carbocycles. The number of aromatic nitrogens is 4. The normalized spacial score (nSPS) is 14.8. The molecule has 1 fully saturated rings. The molecular weight excluding hydrogens is 320 g/mol. The largest absolute Gasteiger partial charge is 0.339 e. The van der Waals surface area contributed by atoms with Gasteiger partial charge in [-0.2, -0.15) is 11.8 Å². The Labute approximate surface area is 144 Å². The van der Waals surface area contributed by atoms with Gasteiger partial charge in [0.15, 0.2) is 5.82 Å². The number of aryl methyl sites for hydroxylation is 1. The van der Waals surface area contributed by atoms with Gasteiger partial charge in [-0.3, -0.25) is 0 Å². The number of hydrogen-bond donors (Lipinski definition) is 1. The Morgan fingerprint density at radius 1 is 1.12 bits per heavy atom. The SMILES string of the molecule is Cc1cccc(Nc2ncnc3cnc(N4CCSCC4)nc23)c1. The lowest BCUT2D eigenvalue weighted by molar-refractivity contribution is 0.819. The second-order valence-corrected chi connectivity index (χ2v) is 6.94. The van der Waals surface area contributed by atoms with Crippen molar-refractivity contribution in [3.63, 3.8) is 0 Å². The van der Waals surface area contributed by atoms with Gasteiger partial charge in [0, 0.05) is 30.3 Å². The fraction of sp³-hybridized carbons (Fsp3) is 0.294. The molecule has 0 bridgehead atoms. The highest BCUT2D eigenvalue weighted by Crippen LogP contribution is 2.24. The molecule has 3 aromatic rings. The van der Waals surface area contributed by atoms with E-state index in [-0.39, 0.29) is 0 Å². The van der Waals surface area contributed by atoms with Gasteiger partial charge in [0.25, 0.3) is 0 Å². The Hall–Kier alpha value is -2.41.